The van der Waals surface area contributed by atoms with Crippen molar-refractivity contribution in [1.29, 1.82) is 5.41 Å². The lowest BCUT2D eigenvalue weighted by molar-refractivity contribution is 0.624. The third kappa shape index (κ3) is 8.27. The fraction of sp³-hybridized carbons (Fsp3) is 0.229. The summed E-state index contributed by atoms with van der Waals surface area (Å²) in [5.74, 6) is 0.513. The number of nitrogens with one attached hydrogen (secondary N) is 1. The Morgan fingerprint density at radius 3 is 1.61 bits per heavy atom. The van der Waals surface area contributed by atoms with Gasteiger partial charge in [-0.05, 0) is 75.1 Å². The van der Waals surface area contributed by atoms with E-state index >= 15 is 0 Å². The Hall–Kier alpha value is -3.98. The Labute approximate surface area is 228 Å². The Morgan fingerprint density at radius 1 is 0.711 bits per heavy atom. The molecule has 0 amide bonds. The standard InChI is InChI=1S/C24H23N.C9H12FN.C2H6/c1-18(2)21-16-23(19-10-5-3-6-11-19)22(14-9-15-25)24(17-21)20-12-7-4-8-13-20;1-6(2)8-5-7(10)3-4-9(8)11;1-2/h3-18,25H,1-2H3;3-6H,11H2,1-2H3;1-2H3/b14-9+,25-15?;;. The Balaban J connectivity index is 0.000000327. The molecule has 0 bridgehead atoms. The second-order valence-electron chi connectivity index (χ2n) is 9.37. The summed E-state index contributed by atoms with van der Waals surface area (Å²) >= 11 is 0. The fourth-order valence-electron chi connectivity index (χ4n) is 4.09. The van der Waals surface area contributed by atoms with Crippen molar-refractivity contribution < 1.29 is 4.39 Å². The van der Waals surface area contributed by atoms with Crippen molar-refractivity contribution in [3.8, 4) is 22.3 Å². The van der Waals surface area contributed by atoms with Gasteiger partial charge >= 0.3 is 0 Å². The van der Waals surface area contributed by atoms with Gasteiger partial charge in [0.2, 0.25) is 0 Å². The molecule has 38 heavy (non-hydrogen) atoms. The van der Waals surface area contributed by atoms with E-state index in [1.54, 1.807) is 12.1 Å². The van der Waals surface area contributed by atoms with Gasteiger partial charge in [-0.15, -0.1) is 0 Å². The molecule has 4 rings (SSSR count). The van der Waals surface area contributed by atoms with E-state index in [4.69, 9.17) is 11.1 Å². The van der Waals surface area contributed by atoms with Crippen LogP contribution in [0.25, 0.3) is 28.3 Å². The van der Waals surface area contributed by atoms with Crippen molar-refractivity contribution >= 4 is 18.0 Å². The van der Waals surface area contributed by atoms with Crippen LogP contribution in [-0.2, 0) is 0 Å². The van der Waals surface area contributed by atoms with Crippen LogP contribution in [0, 0.1) is 11.2 Å². The molecule has 0 aromatic heterocycles. The van der Waals surface area contributed by atoms with Crippen LogP contribution in [0.5, 0.6) is 0 Å². The molecule has 2 nitrogen and oxygen atoms in total. The largest absolute Gasteiger partial charge is 0.398 e. The first-order valence-corrected chi connectivity index (χ1v) is 13.3. The van der Waals surface area contributed by atoms with Gasteiger partial charge in [0.1, 0.15) is 5.82 Å². The lowest BCUT2D eigenvalue weighted by Crippen LogP contribution is -1.96. The quantitative estimate of drug-likeness (QED) is 0.197. The minimum atomic E-state index is -0.220. The molecular formula is C35H41FN2. The first kappa shape index (κ1) is 30.2. The molecule has 0 unspecified atom stereocenters. The van der Waals surface area contributed by atoms with E-state index in [2.05, 4.69) is 74.5 Å². The molecule has 0 aliphatic carbocycles. The van der Waals surface area contributed by atoms with Crippen LogP contribution in [-0.4, -0.2) is 6.21 Å². The number of rotatable bonds is 6. The number of anilines is 1. The van der Waals surface area contributed by atoms with Gasteiger partial charge in [0.05, 0.1) is 0 Å². The van der Waals surface area contributed by atoms with Crippen LogP contribution in [0.3, 0.4) is 0 Å². The molecule has 0 aliphatic rings. The number of nitrogen functional groups attached to an aromatic ring is 1. The van der Waals surface area contributed by atoms with Crippen molar-refractivity contribution in [2.45, 2.75) is 53.4 Å². The van der Waals surface area contributed by atoms with Crippen molar-refractivity contribution in [1.82, 2.24) is 0 Å². The van der Waals surface area contributed by atoms with Crippen molar-refractivity contribution in [2.24, 2.45) is 0 Å². The van der Waals surface area contributed by atoms with Crippen molar-refractivity contribution in [2.75, 3.05) is 5.73 Å². The molecule has 0 aliphatic heterocycles. The number of nitrogens with two attached hydrogens (primary N) is 1. The highest BCUT2D eigenvalue weighted by atomic mass is 19.1. The van der Waals surface area contributed by atoms with Gasteiger partial charge in [-0.2, -0.15) is 0 Å². The SMILES string of the molecule is CC.CC(C)c1cc(-c2ccccc2)c(/C=C/C=N)c(-c2ccccc2)c1.CC(C)c1cc(F)ccc1N. The Morgan fingerprint density at radius 2 is 1.21 bits per heavy atom. The van der Waals surface area contributed by atoms with Crippen LogP contribution in [0.2, 0.25) is 0 Å². The van der Waals surface area contributed by atoms with Crippen LogP contribution in [0.1, 0.15) is 70.1 Å². The van der Waals surface area contributed by atoms with E-state index in [9.17, 15) is 4.39 Å². The monoisotopic (exact) mass is 508 g/mol. The average Bonchev–Trinajstić information content (AvgIpc) is 2.95. The van der Waals surface area contributed by atoms with Crippen LogP contribution < -0.4 is 5.73 Å². The molecule has 0 saturated heterocycles. The zero-order valence-electron chi connectivity index (χ0n) is 23.5. The predicted octanol–water partition coefficient (Wildman–Crippen LogP) is 10.4. The van der Waals surface area contributed by atoms with Gasteiger partial charge in [0, 0.05) is 11.9 Å². The van der Waals surface area contributed by atoms with E-state index in [-0.39, 0.29) is 11.7 Å². The van der Waals surface area contributed by atoms with Crippen molar-refractivity contribution in [3.05, 3.63) is 120 Å². The smallest absolute Gasteiger partial charge is 0.123 e. The highest BCUT2D eigenvalue weighted by Crippen LogP contribution is 2.36. The summed E-state index contributed by atoms with van der Waals surface area (Å²) in [4.78, 5) is 0. The molecule has 0 radical (unpaired) electrons. The maximum atomic E-state index is 12.7. The van der Waals surface area contributed by atoms with Crippen LogP contribution in [0.4, 0.5) is 10.1 Å². The highest BCUT2D eigenvalue weighted by molar-refractivity contribution is 5.90. The summed E-state index contributed by atoms with van der Waals surface area (Å²) in [6.45, 7) is 12.4. The van der Waals surface area contributed by atoms with Crippen LogP contribution in [0.15, 0.2) is 97.1 Å². The summed E-state index contributed by atoms with van der Waals surface area (Å²) in [7, 11) is 0. The maximum Gasteiger partial charge on any atom is 0.123 e. The van der Waals surface area contributed by atoms with E-state index < -0.39 is 0 Å². The van der Waals surface area contributed by atoms with Gasteiger partial charge in [0.15, 0.2) is 0 Å². The Bertz CT molecular complexity index is 1250. The zero-order valence-corrected chi connectivity index (χ0v) is 23.5. The molecular weight excluding hydrogens is 467 g/mol. The second kappa shape index (κ2) is 15.3. The molecule has 0 heterocycles. The maximum absolute atomic E-state index is 12.7. The molecule has 0 spiro atoms. The number of halogens is 1. The van der Waals surface area contributed by atoms with Gasteiger partial charge in [-0.1, -0.05) is 120 Å². The van der Waals surface area contributed by atoms with E-state index in [1.807, 2.05) is 45.9 Å². The minimum Gasteiger partial charge on any atom is -0.398 e. The van der Waals surface area contributed by atoms with E-state index in [1.165, 1.54) is 46.2 Å². The first-order valence-electron chi connectivity index (χ1n) is 13.3. The minimum absolute atomic E-state index is 0.220. The average molecular weight is 509 g/mol. The first-order chi connectivity index (χ1) is 18.3. The molecule has 3 N–H and O–H groups in total. The molecule has 4 aromatic rings. The number of hydrogen-bond acceptors (Lipinski definition) is 2. The normalized spacial score (nSPS) is 10.6. The molecule has 4 aromatic carbocycles. The van der Waals surface area contributed by atoms with Crippen molar-refractivity contribution in [3.63, 3.8) is 0 Å². The summed E-state index contributed by atoms with van der Waals surface area (Å²) < 4.78 is 12.7. The number of benzene rings is 4. The number of allylic oxidation sites excluding steroid dienone is 1. The third-order valence-electron chi connectivity index (χ3n) is 6.07. The Kier molecular flexibility index (Phi) is 12.2. The van der Waals surface area contributed by atoms with Gasteiger partial charge in [-0.25, -0.2) is 4.39 Å². The molecule has 3 heteroatoms. The lowest BCUT2D eigenvalue weighted by atomic mass is 9.87. The lowest BCUT2D eigenvalue weighted by Gasteiger charge is -2.17. The third-order valence-corrected chi connectivity index (χ3v) is 6.07. The summed E-state index contributed by atoms with van der Waals surface area (Å²) in [6.07, 6.45) is 5.17. The summed E-state index contributed by atoms with van der Waals surface area (Å²) in [5.41, 5.74) is 14.5. The zero-order chi connectivity index (χ0) is 28.1. The molecule has 0 fully saturated rings. The topological polar surface area (TPSA) is 49.9 Å². The fourth-order valence-corrected chi connectivity index (χ4v) is 4.09. The molecule has 198 valence electrons. The molecule has 0 saturated carbocycles. The summed E-state index contributed by atoms with van der Waals surface area (Å²) in [6, 6.07) is 30.0. The van der Waals surface area contributed by atoms with E-state index in [0.29, 0.717) is 11.6 Å². The summed E-state index contributed by atoms with van der Waals surface area (Å²) in [5, 5.41) is 7.40. The van der Waals surface area contributed by atoms with Gasteiger partial charge in [0.25, 0.3) is 0 Å². The highest BCUT2D eigenvalue weighted by Gasteiger charge is 2.13. The van der Waals surface area contributed by atoms with E-state index in [0.717, 1.165) is 11.1 Å². The predicted molar refractivity (Wildman–Crippen MR) is 165 cm³/mol. The molecule has 0 atom stereocenters. The second-order valence-corrected chi connectivity index (χ2v) is 9.37. The van der Waals surface area contributed by atoms with Gasteiger partial charge < -0.3 is 11.1 Å². The van der Waals surface area contributed by atoms with Crippen LogP contribution >= 0.6 is 0 Å². The van der Waals surface area contributed by atoms with Gasteiger partial charge in [-0.3, -0.25) is 0 Å². The number of hydrogen-bond donors (Lipinski definition) is 2.